The molecule has 0 saturated carbocycles. The van der Waals surface area contributed by atoms with Crippen LogP contribution in [0.1, 0.15) is 70.5 Å². The van der Waals surface area contributed by atoms with Crippen molar-refractivity contribution in [2.75, 3.05) is 0 Å². The Morgan fingerprint density at radius 2 is 2.10 bits per heavy atom. The molecule has 0 aliphatic heterocycles. The molecule has 0 spiro atoms. The minimum atomic E-state index is -0.781. The fraction of sp³-hybridized carbons (Fsp3) is 0.611. The van der Waals surface area contributed by atoms with Gasteiger partial charge in [-0.25, -0.2) is 0 Å². The molecule has 1 aromatic carbocycles. The Hall–Kier alpha value is -1.35. The van der Waals surface area contributed by atoms with E-state index in [2.05, 4.69) is 44.3 Å². The summed E-state index contributed by atoms with van der Waals surface area (Å²) in [4.78, 5) is 12.5. The van der Waals surface area contributed by atoms with E-state index in [1.165, 1.54) is 11.1 Å². The van der Waals surface area contributed by atoms with Crippen molar-refractivity contribution in [1.29, 1.82) is 0 Å². The number of benzene rings is 1. The highest BCUT2D eigenvalue weighted by Crippen LogP contribution is 2.41. The molecule has 2 unspecified atom stereocenters. The molecule has 1 aliphatic rings. The van der Waals surface area contributed by atoms with Crippen LogP contribution < -0.4 is 11.1 Å². The third kappa shape index (κ3) is 3.29. The summed E-state index contributed by atoms with van der Waals surface area (Å²) in [5.74, 6) is -0.0381. The van der Waals surface area contributed by atoms with Gasteiger partial charge < -0.3 is 11.1 Å². The second-order valence-electron chi connectivity index (χ2n) is 7.20. The molecule has 3 heteroatoms. The van der Waals surface area contributed by atoms with Crippen molar-refractivity contribution in [3.63, 3.8) is 0 Å². The fourth-order valence-electron chi connectivity index (χ4n) is 3.32. The van der Waals surface area contributed by atoms with E-state index in [0.29, 0.717) is 6.42 Å². The van der Waals surface area contributed by atoms with E-state index >= 15 is 0 Å². The summed E-state index contributed by atoms with van der Waals surface area (Å²) >= 11 is 0. The van der Waals surface area contributed by atoms with Crippen molar-refractivity contribution >= 4 is 5.91 Å². The number of rotatable bonds is 4. The van der Waals surface area contributed by atoms with Crippen molar-refractivity contribution in [2.24, 2.45) is 5.73 Å². The number of fused-ring (bicyclic) bond motifs is 1. The highest BCUT2D eigenvalue weighted by molar-refractivity contribution is 5.86. The molecular weight excluding hydrogens is 260 g/mol. The number of nitrogens with two attached hydrogens (primary N) is 1. The fourth-order valence-corrected chi connectivity index (χ4v) is 3.32. The average molecular weight is 288 g/mol. The molecule has 21 heavy (non-hydrogen) atoms. The monoisotopic (exact) mass is 288 g/mol. The summed E-state index contributed by atoms with van der Waals surface area (Å²) in [5, 5.41) is 3.17. The lowest BCUT2D eigenvalue weighted by Gasteiger charge is -2.38. The van der Waals surface area contributed by atoms with Crippen LogP contribution in [0.4, 0.5) is 0 Å². The van der Waals surface area contributed by atoms with Crippen molar-refractivity contribution in [2.45, 2.75) is 70.4 Å². The maximum atomic E-state index is 12.5. The predicted octanol–water partition coefficient (Wildman–Crippen LogP) is 3.43. The molecule has 0 aromatic heterocycles. The Balaban J connectivity index is 2.21. The van der Waals surface area contributed by atoms with Crippen LogP contribution in [0.5, 0.6) is 0 Å². The molecule has 0 bridgehead atoms. The van der Waals surface area contributed by atoms with Crippen molar-refractivity contribution in [3.05, 3.63) is 35.4 Å². The highest BCUT2D eigenvalue weighted by Gasteiger charge is 2.35. The molecule has 3 N–H and O–H groups in total. The van der Waals surface area contributed by atoms with Crippen molar-refractivity contribution in [1.82, 2.24) is 5.32 Å². The molecule has 1 aliphatic carbocycles. The zero-order chi connectivity index (χ0) is 15.7. The van der Waals surface area contributed by atoms with Crippen LogP contribution in [-0.4, -0.2) is 11.4 Å². The highest BCUT2D eigenvalue weighted by atomic mass is 16.2. The topological polar surface area (TPSA) is 55.1 Å². The van der Waals surface area contributed by atoms with Crippen LogP contribution in [0, 0.1) is 0 Å². The van der Waals surface area contributed by atoms with Gasteiger partial charge in [-0.2, -0.15) is 0 Å². The maximum Gasteiger partial charge on any atom is 0.240 e. The van der Waals surface area contributed by atoms with E-state index in [0.717, 1.165) is 19.3 Å². The number of carbonyl (C=O) groups is 1. The molecule has 2 atom stereocenters. The summed E-state index contributed by atoms with van der Waals surface area (Å²) in [5.41, 5.74) is 8.13. The Morgan fingerprint density at radius 1 is 1.43 bits per heavy atom. The average Bonchev–Trinajstić information content (AvgIpc) is 2.42. The molecule has 1 amide bonds. The minimum Gasteiger partial charge on any atom is -0.348 e. The predicted molar refractivity (Wildman–Crippen MR) is 87.1 cm³/mol. The third-order valence-electron chi connectivity index (χ3n) is 4.72. The Bertz CT molecular complexity index is 520. The molecule has 0 radical (unpaired) electrons. The molecular formula is C18H28N2O. The zero-order valence-corrected chi connectivity index (χ0v) is 13.7. The number of carbonyl (C=O) groups excluding carboxylic acids is 1. The third-order valence-corrected chi connectivity index (χ3v) is 4.72. The molecule has 116 valence electrons. The zero-order valence-electron chi connectivity index (χ0n) is 13.7. The van der Waals surface area contributed by atoms with E-state index in [-0.39, 0.29) is 17.4 Å². The van der Waals surface area contributed by atoms with E-state index in [1.54, 1.807) is 0 Å². The van der Waals surface area contributed by atoms with Gasteiger partial charge >= 0.3 is 0 Å². The maximum absolute atomic E-state index is 12.5. The van der Waals surface area contributed by atoms with Crippen LogP contribution in [0.15, 0.2) is 24.3 Å². The first kappa shape index (κ1) is 16.0. The number of hydrogen-bond acceptors (Lipinski definition) is 2. The van der Waals surface area contributed by atoms with Gasteiger partial charge in [0.15, 0.2) is 0 Å². The quantitative estimate of drug-likeness (QED) is 0.891. The first-order valence-corrected chi connectivity index (χ1v) is 7.97. The van der Waals surface area contributed by atoms with Crippen molar-refractivity contribution < 1.29 is 4.79 Å². The number of hydrogen-bond donors (Lipinski definition) is 2. The standard InChI is InChI=1S/C18H28N2O/c1-5-11-18(4,19)16(21)20-15-10-12-17(2,3)14-9-7-6-8-13(14)15/h6-9,15H,5,10-12,19H2,1-4H3,(H,20,21). The van der Waals surface area contributed by atoms with Gasteiger partial charge in [0, 0.05) is 0 Å². The first-order valence-electron chi connectivity index (χ1n) is 7.97. The second kappa shape index (κ2) is 5.80. The number of amides is 1. The van der Waals surface area contributed by atoms with Crippen LogP contribution in [0.3, 0.4) is 0 Å². The van der Waals surface area contributed by atoms with Gasteiger partial charge in [-0.1, -0.05) is 51.5 Å². The molecule has 1 aromatic rings. The summed E-state index contributed by atoms with van der Waals surface area (Å²) < 4.78 is 0. The van der Waals surface area contributed by atoms with Gasteiger partial charge in [0.1, 0.15) is 0 Å². The summed E-state index contributed by atoms with van der Waals surface area (Å²) in [7, 11) is 0. The van der Waals surface area contributed by atoms with Crippen LogP contribution in [-0.2, 0) is 10.2 Å². The van der Waals surface area contributed by atoms with Crippen LogP contribution in [0.2, 0.25) is 0 Å². The Kier molecular flexibility index (Phi) is 4.43. The summed E-state index contributed by atoms with van der Waals surface area (Å²) in [6.07, 6.45) is 3.66. The summed E-state index contributed by atoms with van der Waals surface area (Å²) in [6.45, 7) is 8.42. The lowest BCUT2D eigenvalue weighted by atomic mass is 9.71. The lowest BCUT2D eigenvalue weighted by molar-refractivity contribution is -0.127. The van der Waals surface area contributed by atoms with Gasteiger partial charge in [0.05, 0.1) is 11.6 Å². The van der Waals surface area contributed by atoms with E-state index in [9.17, 15) is 4.79 Å². The van der Waals surface area contributed by atoms with Gasteiger partial charge in [-0.05, 0) is 42.7 Å². The van der Waals surface area contributed by atoms with Crippen LogP contribution in [0.25, 0.3) is 0 Å². The van der Waals surface area contributed by atoms with E-state index < -0.39 is 5.54 Å². The molecule has 0 heterocycles. The van der Waals surface area contributed by atoms with Gasteiger partial charge in [-0.15, -0.1) is 0 Å². The van der Waals surface area contributed by atoms with Gasteiger partial charge in [-0.3, -0.25) is 4.79 Å². The molecule has 2 rings (SSSR count). The number of nitrogens with one attached hydrogen (secondary N) is 1. The largest absolute Gasteiger partial charge is 0.348 e. The smallest absolute Gasteiger partial charge is 0.240 e. The van der Waals surface area contributed by atoms with Gasteiger partial charge in [0.2, 0.25) is 5.91 Å². The SMILES string of the molecule is CCCC(C)(N)C(=O)NC1CCC(C)(C)c2ccccc21. The normalized spacial score (nSPS) is 23.0. The molecule has 0 saturated heterocycles. The van der Waals surface area contributed by atoms with E-state index in [4.69, 9.17) is 5.73 Å². The minimum absolute atomic E-state index is 0.0381. The molecule has 0 fully saturated rings. The Morgan fingerprint density at radius 3 is 2.76 bits per heavy atom. The molecule has 3 nitrogen and oxygen atoms in total. The Labute approximate surface area is 128 Å². The van der Waals surface area contributed by atoms with E-state index in [1.807, 2.05) is 13.0 Å². The second-order valence-corrected chi connectivity index (χ2v) is 7.20. The van der Waals surface area contributed by atoms with Gasteiger partial charge in [0.25, 0.3) is 0 Å². The lowest BCUT2D eigenvalue weighted by Crippen LogP contribution is -2.52. The first-order chi connectivity index (χ1) is 9.78. The van der Waals surface area contributed by atoms with Crippen LogP contribution >= 0.6 is 0 Å². The van der Waals surface area contributed by atoms with Crippen molar-refractivity contribution in [3.8, 4) is 0 Å². The summed E-state index contributed by atoms with van der Waals surface area (Å²) in [6, 6.07) is 8.53.